The van der Waals surface area contributed by atoms with E-state index in [-0.39, 0.29) is 23.0 Å². The Hall–Kier alpha value is -2.75. The van der Waals surface area contributed by atoms with Crippen LogP contribution in [0.3, 0.4) is 0 Å². The first-order valence-corrected chi connectivity index (χ1v) is 7.95. The van der Waals surface area contributed by atoms with Gasteiger partial charge in [-0.1, -0.05) is 6.07 Å². The average molecular weight is 345 g/mol. The number of alkyl halides is 2. The molecule has 0 saturated carbocycles. The zero-order valence-corrected chi connectivity index (χ0v) is 13.2. The van der Waals surface area contributed by atoms with E-state index in [1.807, 2.05) is 6.07 Å². The minimum Gasteiger partial charge on any atom is -0.431 e. The Balaban J connectivity index is 1.80. The predicted octanol–water partition coefficient (Wildman–Crippen LogP) is 3.62. The second-order valence-electron chi connectivity index (χ2n) is 6.33. The maximum absolute atomic E-state index is 13.6. The molecular weight excluding hydrogens is 331 g/mol. The molecule has 4 rings (SSSR count). The Bertz CT molecular complexity index is 869. The Kier molecular flexibility index (Phi) is 3.57. The molecule has 0 radical (unpaired) electrons. The van der Waals surface area contributed by atoms with Crippen LogP contribution >= 0.6 is 0 Å². The highest BCUT2D eigenvalue weighted by atomic mass is 19.3. The summed E-state index contributed by atoms with van der Waals surface area (Å²) in [6, 6.07) is 6.58. The minimum atomic E-state index is -3.00. The highest BCUT2D eigenvalue weighted by Crippen LogP contribution is 2.44. The largest absolute Gasteiger partial charge is 0.431 e. The van der Waals surface area contributed by atoms with Gasteiger partial charge in [-0.2, -0.15) is 14.0 Å². The van der Waals surface area contributed by atoms with Gasteiger partial charge in [0.25, 0.3) is 0 Å². The van der Waals surface area contributed by atoms with Gasteiger partial charge in [-0.25, -0.2) is 4.39 Å². The van der Waals surface area contributed by atoms with Gasteiger partial charge in [0.2, 0.25) is 0 Å². The molecule has 25 heavy (non-hydrogen) atoms. The molecule has 128 valence electrons. The van der Waals surface area contributed by atoms with Gasteiger partial charge in [0.15, 0.2) is 11.6 Å². The first-order chi connectivity index (χ1) is 12.0. The maximum Gasteiger partial charge on any atom is 0.387 e. The second kappa shape index (κ2) is 5.66. The van der Waals surface area contributed by atoms with Crippen molar-refractivity contribution in [2.24, 2.45) is 4.99 Å². The van der Waals surface area contributed by atoms with Crippen LogP contribution in [0, 0.1) is 17.1 Å². The molecule has 1 atom stereocenters. The van der Waals surface area contributed by atoms with Crippen molar-refractivity contribution < 1.29 is 17.9 Å². The molecule has 0 N–H and O–H groups in total. The number of benzene rings is 1. The van der Waals surface area contributed by atoms with Crippen LogP contribution in [-0.2, 0) is 16.7 Å². The number of hydrogen-bond donors (Lipinski definition) is 0. The number of aliphatic imine (C=N–C) groups is 1. The first-order valence-electron chi connectivity index (χ1n) is 7.95. The van der Waals surface area contributed by atoms with Crippen molar-refractivity contribution in [2.45, 2.75) is 31.4 Å². The summed E-state index contributed by atoms with van der Waals surface area (Å²) in [5, 5.41) is 9.14. The highest BCUT2D eigenvalue weighted by Gasteiger charge is 2.45. The van der Waals surface area contributed by atoms with Crippen molar-refractivity contribution in [2.75, 3.05) is 6.54 Å². The molecule has 2 heterocycles. The summed E-state index contributed by atoms with van der Waals surface area (Å²) >= 11 is 0. The lowest BCUT2D eigenvalue weighted by Crippen LogP contribution is -2.35. The van der Waals surface area contributed by atoms with Crippen LogP contribution in [0.15, 0.2) is 46.8 Å². The summed E-state index contributed by atoms with van der Waals surface area (Å²) in [7, 11) is 0. The fourth-order valence-electron chi connectivity index (χ4n) is 3.83. The molecule has 1 aliphatic carbocycles. The van der Waals surface area contributed by atoms with Crippen LogP contribution < -0.4 is 0 Å². The predicted molar refractivity (Wildman–Crippen MR) is 84.0 cm³/mol. The fourth-order valence-corrected chi connectivity index (χ4v) is 3.83. The highest BCUT2D eigenvalue weighted by molar-refractivity contribution is 6.01. The van der Waals surface area contributed by atoms with Crippen molar-refractivity contribution in [3.8, 4) is 6.07 Å². The summed E-state index contributed by atoms with van der Waals surface area (Å²) in [5.74, 6) is -0.121. The van der Waals surface area contributed by atoms with E-state index in [1.54, 1.807) is 17.2 Å². The van der Waals surface area contributed by atoms with E-state index in [2.05, 4.69) is 4.74 Å². The van der Waals surface area contributed by atoms with E-state index >= 15 is 0 Å². The molecule has 2 aliphatic heterocycles. The SMILES string of the molecule is N#CC1=CN2C[C@@]3(CCCc4cc(F)ccc43)N=C2C(OC(F)F)=C1. The molecule has 7 heteroatoms. The minimum absolute atomic E-state index is 0.111. The molecule has 0 bridgehead atoms. The third kappa shape index (κ3) is 2.58. The number of aryl methyl sites for hydroxylation is 1. The number of rotatable bonds is 2. The van der Waals surface area contributed by atoms with E-state index in [1.165, 1.54) is 18.2 Å². The average Bonchev–Trinajstić information content (AvgIpc) is 2.93. The molecule has 4 nitrogen and oxygen atoms in total. The summed E-state index contributed by atoms with van der Waals surface area (Å²) < 4.78 is 43.6. The van der Waals surface area contributed by atoms with E-state index in [0.717, 1.165) is 30.4 Å². The number of halogens is 3. The van der Waals surface area contributed by atoms with Crippen molar-refractivity contribution in [3.05, 3.63) is 58.8 Å². The molecule has 0 amide bonds. The Morgan fingerprint density at radius 2 is 2.20 bits per heavy atom. The van der Waals surface area contributed by atoms with Crippen molar-refractivity contribution in [1.82, 2.24) is 4.90 Å². The van der Waals surface area contributed by atoms with E-state index < -0.39 is 12.2 Å². The van der Waals surface area contributed by atoms with E-state index in [4.69, 9.17) is 10.3 Å². The zero-order chi connectivity index (χ0) is 17.6. The molecule has 0 saturated heterocycles. The van der Waals surface area contributed by atoms with Gasteiger partial charge in [-0.3, -0.25) is 4.99 Å². The second-order valence-corrected chi connectivity index (χ2v) is 6.33. The molecule has 1 aromatic carbocycles. The number of fused-ring (bicyclic) bond motifs is 3. The quantitative estimate of drug-likeness (QED) is 0.823. The molecule has 1 spiro atoms. The molecular formula is C18H14F3N3O. The van der Waals surface area contributed by atoms with E-state index in [0.29, 0.717) is 6.54 Å². The summed E-state index contributed by atoms with van der Waals surface area (Å²) in [4.78, 5) is 6.39. The molecule has 0 aromatic heterocycles. The van der Waals surface area contributed by atoms with Crippen molar-refractivity contribution >= 4 is 5.84 Å². The standard InChI is InChI=1S/C18H14F3N3O/c19-13-3-4-14-12(7-13)2-1-5-18(14)10-24-9-11(8-22)6-15(16(24)23-18)25-17(20)21/h3-4,6-7,9,17H,1-2,5,10H2/t18-/m1/s1. The number of ether oxygens (including phenoxy) is 1. The van der Waals surface area contributed by atoms with Gasteiger partial charge in [0.1, 0.15) is 17.4 Å². The normalized spacial score (nSPS) is 24.3. The van der Waals surface area contributed by atoms with Gasteiger partial charge in [0, 0.05) is 12.3 Å². The zero-order valence-electron chi connectivity index (χ0n) is 13.2. The number of amidine groups is 1. The van der Waals surface area contributed by atoms with Crippen LogP contribution in [0.25, 0.3) is 0 Å². The van der Waals surface area contributed by atoms with Gasteiger partial charge in [-0.05, 0) is 42.5 Å². The van der Waals surface area contributed by atoms with Gasteiger partial charge < -0.3 is 9.64 Å². The fraction of sp³-hybridized carbons (Fsp3) is 0.333. The third-order valence-electron chi connectivity index (χ3n) is 4.78. The monoisotopic (exact) mass is 345 g/mol. The van der Waals surface area contributed by atoms with Crippen molar-refractivity contribution in [1.29, 1.82) is 5.26 Å². The van der Waals surface area contributed by atoms with Crippen LogP contribution in [0.5, 0.6) is 0 Å². The van der Waals surface area contributed by atoms with Crippen LogP contribution in [0.2, 0.25) is 0 Å². The lowest BCUT2D eigenvalue weighted by molar-refractivity contribution is -0.0906. The number of nitriles is 1. The first kappa shape index (κ1) is 15.8. The number of nitrogens with zero attached hydrogens (tertiary/aromatic N) is 3. The Morgan fingerprint density at radius 1 is 1.36 bits per heavy atom. The summed E-state index contributed by atoms with van der Waals surface area (Å²) in [5.41, 5.74) is 1.38. The lowest BCUT2D eigenvalue weighted by atomic mass is 9.77. The topological polar surface area (TPSA) is 48.6 Å². The number of hydrogen-bond acceptors (Lipinski definition) is 4. The summed E-state index contributed by atoms with van der Waals surface area (Å²) in [6.45, 7) is -2.59. The summed E-state index contributed by atoms with van der Waals surface area (Å²) in [6.07, 6.45) is 5.17. The van der Waals surface area contributed by atoms with Gasteiger partial charge in [0.05, 0.1) is 12.1 Å². The van der Waals surface area contributed by atoms with Crippen molar-refractivity contribution in [3.63, 3.8) is 0 Å². The molecule has 1 aromatic rings. The number of allylic oxidation sites excluding steroid dienone is 2. The lowest BCUT2D eigenvalue weighted by Gasteiger charge is -2.33. The van der Waals surface area contributed by atoms with Crippen LogP contribution in [-0.4, -0.2) is 23.9 Å². The van der Waals surface area contributed by atoms with Crippen LogP contribution in [0.4, 0.5) is 13.2 Å². The van der Waals surface area contributed by atoms with E-state index in [9.17, 15) is 13.2 Å². The Morgan fingerprint density at radius 3 is 2.96 bits per heavy atom. The molecule has 3 aliphatic rings. The smallest absolute Gasteiger partial charge is 0.387 e. The molecule has 0 fully saturated rings. The third-order valence-corrected chi connectivity index (χ3v) is 4.78. The van der Waals surface area contributed by atoms with Gasteiger partial charge in [-0.15, -0.1) is 0 Å². The maximum atomic E-state index is 13.6. The van der Waals surface area contributed by atoms with Crippen LogP contribution in [0.1, 0.15) is 24.0 Å². The molecule has 0 unspecified atom stereocenters. The Labute approximate surface area is 142 Å². The van der Waals surface area contributed by atoms with Gasteiger partial charge >= 0.3 is 6.61 Å².